The Kier molecular flexibility index (Phi) is 5.93. The number of halogens is 1. The molecule has 0 unspecified atom stereocenters. The maximum atomic E-state index is 14.1. The van der Waals surface area contributed by atoms with Gasteiger partial charge in [-0.2, -0.15) is 0 Å². The van der Waals surface area contributed by atoms with Gasteiger partial charge >= 0.3 is 5.97 Å². The van der Waals surface area contributed by atoms with Gasteiger partial charge < -0.3 is 14.8 Å². The van der Waals surface area contributed by atoms with E-state index in [1.165, 1.54) is 12.1 Å². The first kappa shape index (κ1) is 22.2. The van der Waals surface area contributed by atoms with Crippen molar-refractivity contribution < 1.29 is 19.0 Å². The number of nitrogens with zero attached hydrogens (tertiary/aromatic N) is 3. The van der Waals surface area contributed by atoms with Gasteiger partial charge in [0.2, 0.25) is 0 Å². The van der Waals surface area contributed by atoms with E-state index in [1.807, 2.05) is 55.5 Å². The minimum Gasteiger partial charge on any atom is -0.479 e. The number of pyridine rings is 2. The summed E-state index contributed by atoms with van der Waals surface area (Å²) in [6.45, 7) is 1.31. The quantitative estimate of drug-likeness (QED) is 0.341. The molecule has 7 nitrogen and oxygen atoms in total. The Labute approximate surface area is 200 Å². The van der Waals surface area contributed by atoms with Gasteiger partial charge in [0.05, 0.1) is 22.6 Å². The Balaban J connectivity index is 1.55. The first-order valence-corrected chi connectivity index (χ1v) is 11.0. The van der Waals surface area contributed by atoms with E-state index in [0.29, 0.717) is 12.2 Å². The topological polar surface area (TPSA) is 101 Å². The third-order valence-corrected chi connectivity index (χ3v) is 5.49. The number of hydrogen-bond acceptors (Lipinski definition) is 5. The molecule has 0 fully saturated rings. The number of H-pyrrole nitrogens is 1. The zero-order chi connectivity index (χ0) is 24.4. The summed E-state index contributed by atoms with van der Waals surface area (Å²) in [5.41, 5.74) is 5.68. The van der Waals surface area contributed by atoms with Crippen molar-refractivity contribution in [3.63, 3.8) is 0 Å². The summed E-state index contributed by atoms with van der Waals surface area (Å²) >= 11 is 0. The zero-order valence-electron chi connectivity index (χ0n) is 18.8. The van der Waals surface area contributed by atoms with Crippen LogP contribution < -0.4 is 4.74 Å². The van der Waals surface area contributed by atoms with Gasteiger partial charge in [-0.25, -0.2) is 14.2 Å². The summed E-state index contributed by atoms with van der Waals surface area (Å²) in [5, 5.41) is 9.83. The predicted octanol–water partition coefficient (Wildman–Crippen LogP) is 5.19. The van der Waals surface area contributed by atoms with Gasteiger partial charge in [-0.3, -0.25) is 9.97 Å². The standard InChI is InChI=1S/C27H21FN4O3/c1-16-4-2-6-22(30-16)27-26(19-8-10-21-18(14-19)5-3-11-29-21)31-24(32-27)13-17-7-9-20(28)23(12-17)35-15-25(33)34/h2-12,14H,13,15H2,1H3,(H,31,32)(H,33,34). The van der Waals surface area contributed by atoms with Crippen LogP contribution >= 0.6 is 0 Å². The molecule has 0 spiro atoms. The number of carboxylic acid groups (broad SMARTS) is 1. The molecule has 0 aliphatic heterocycles. The Morgan fingerprint density at radius 1 is 1.06 bits per heavy atom. The SMILES string of the molecule is Cc1cccc(-c2[nH]c(Cc3ccc(F)c(OCC(=O)O)c3)nc2-c2ccc3ncccc3c2)n1. The Morgan fingerprint density at radius 3 is 2.77 bits per heavy atom. The molecule has 0 radical (unpaired) electrons. The van der Waals surface area contributed by atoms with Gasteiger partial charge in [0.25, 0.3) is 0 Å². The molecule has 8 heteroatoms. The van der Waals surface area contributed by atoms with Gasteiger partial charge in [-0.05, 0) is 55.0 Å². The first-order chi connectivity index (χ1) is 17.0. The second-order valence-electron chi connectivity index (χ2n) is 8.11. The van der Waals surface area contributed by atoms with Crippen molar-refractivity contribution in [2.24, 2.45) is 0 Å². The van der Waals surface area contributed by atoms with Crippen molar-refractivity contribution in [2.45, 2.75) is 13.3 Å². The minimum absolute atomic E-state index is 0.112. The van der Waals surface area contributed by atoms with Crippen LogP contribution in [0.1, 0.15) is 17.1 Å². The molecule has 5 aromatic rings. The fourth-order valence-corrected chi connectivity index (χ4v) is 3.91. The number of aliphatic carboxylic acids is 1. The second-order valence-corrected chi connectivity index (χ2v) is 8.11. The van der Waals surface area contributed by atoms with Gasteiger partial charge in [-0.1, -0.05) is 24.3 Å². The van der Waals surface area contributed by atoms with Gasteiger partial charge in [0.1, 0.15) is 5.82 Å². The number of aromatic amines is 1. The smallest absolute Gasteiger partial charge is 0.341 e. The highest BCUT2D eigenvalue weighted by molar-refractivity contribution is 5.86. The number of aryl methyl sites for hydroxylation is 1. The molecular weight excluding hydrogens is 447 g/mol. The lowest BCUT2D eigenvalue weighted by atomic mass is 10.1. The lowest BCUT2D eigenvalue weighted by Crippen LogP contribution is -2.10. The normalized spacial score (nSPS) is 11.0. The monoisotopic (exact) mass is 468 g/mol. The largest absolute Gasteiger partial charge is 0.479 e. The number of fused-ring (bicyclic) bond motifs is 1. The van der Waals surface area contributed by atoms with Crippen molar-refractivity contribution in [3.8, 4) is 28.4 Å². The van der Waals surface area contributed by atoms with E-state index in [4.69, 9.17) is 14.8 Å². The summed E-state index contributed by atoms with van der Waals surface area (Å²) in [6, 6.07) is 20.0. The molecule has 35 heavy (non-hydrogen) atoms. The number of benzene rings is 2. The van der Waals surface area contributed by atoms with E-state index in [1.54, 1.807) is 12.3 Å². The summed E-state index contributed by atoms with van der Waals surface area (Å²) in [5.74, 6) is -1.25. The molecule has 0 bridgehead atoms. The van der Waals surface area contributed by atoms with Crippen LogP contribution in [0.3, 0.4) is 0 Å². The maximum Gasteiger partial charge on any atom is 0.341 e. The minimum atomic E-state index is -1.17. The number of nitrogens with one attached hydrogen (secondary N) is 1. The Morgan fingerprint density at radius 2 is 1.94 bits per heavy atom. The van der Waals surface area contributed by atoms with Crippen LogP contribution in [0.4, 0.5) is 4.39 Å². The molecule has 0 aliphatic rings. The van der Waals surface area contributed by atoms with E-state index in [0.717, 1.165) is 44.8 Å². The number of aromatic nitrogens is 4. The molecular formula is C27H21FN4O3. The van der Waals surface area contributed by atoms with Crippen LogP contribution in [0.5, 0.6) is 5.75 Å². The Hall–Kier alpha value is -4.59. The molecule has 5 rings (SSSR count). The third kappa shape index (κ3) is 4.86. The first-order valence-electron chi connectivity index (χ1n) is 11.0. The lowest BCUT2D eigenvalue weighted by molar-refractivity contribution is -0.139. The van der Waals surface area contributed by atoms with Gasteiger partial charge in [0.15, 0.2) is 18.2 Å². The average Bonchev–Trinajstić information content (AvgIpc) is 3.28. The van der Waals surface area contributed by atoms with E-state index in [9.17, 15) is 9.18 Å². The second kappa shape index (κ2) is 9.34. The van der Waals surface area contributed by atoms with E-state index >= 15 is 0 Å². The molecule has 0 amide bonds. The number of carboxylic acids is 1. The molecule has 2 N–H and O–H groups in total. The average molecular weight is 468 g/mol. The number of carbonyl (C=O) groups is 1. The van der Waals surface area contributed by atoms with E-state index < -0.39 is 18.4 Å². The van der Waals surface area contributed by atoms with Gasteiger partial charge in [0, 0.05) is 29.3 Å². The summed E-state index contributed by atoms with van der Waals surface area (Å²) < 4.78 is 19.2. The van der Waals surface area contributed by atoms with Crippen molar-refractivity contribution >= 4 is 16.9 Å². The molecule has 0 atom stereocenters. The highest BCUT2D eigenvalue weighted by Gasteiger charge is 2.17. The molecule has 0 saturated heterocycles. The summed E-state index contributed by atoms with van der Waals surface area (Å²) in [4.78, 5) is 28.1. The van der Waals surface area contributed by atoms with Crippen LogP contribution in [0.2, 0.25) is 0 Å². The van der Waals surface area contributed by atoms with Crippen molar-refractivity contribution in [1.29, 1.82) is 0 Å². The van der Waals surface area contributed by atoms with E-state index in [-0.39, 0.29) is 5.75 Å². The molecule has 2 aromatic carbocycles. The Bertz CT molecular complexity index is 1550. The van der Waals surface area contributed by atoms with Crippen LogP contribution in [0, 0.1) is 12.7 Å². The predicted molar refractivity (Wildman–Crippen MR) is 130 cm³/mol. The summed E-state index contributed by atoms with van der Waals surface area (Å²) in [7, 11) is 0. The van der Waals surface area contributed by atoms with Crippen LogP contribution in [-0.4, -0.2) is 37.6 Å². The zero-order valence-corrected chi connectivity index (χ0v) is 18.8. The lowest BCUT2D eigenvalue weighted by Gasteiger charge is -2.07. The van der Waals surface area contributed by atoms with E-state index in [2.05, 4.69) is 15.0 Å². The third-order valence-electron chi connectivity index (χ3n) is 5.49. The number of ether oxygens (including phenoxy) is 1. The fourth-order valence-electron chi connectivity index (χ4n) is 3.91. The highest BCUT2D eigenvalue weighted by atomic mass is 19.1. The highest BCUT2D eigenvalue weighted by Crippen LogP contribution is 2.32. The number of hydrogen-bond donors (Lipinski definition) is 2. The summed E-state index contributed by atoms with van der Waals surface area (Å²) in [6.07, 6.45) is 2.12. The molecule has 3 heterocycles. The molecule has 0 saturated carbocycles. The molecule has 3 aromatic heterocycles. The number of imidazole rings is 1. The number of rotatable bonds is 7. The van der Waals surface area contributed by atoms with Crippen LogP contribution in [-0.2, 0) is 11.2 Å². The van der Waals surface area contributed by atoms with Crippen molar-refractivity contribution in [2.75, 3.05) is 6.61 Å². The molecule has 0 aliphatic carbocycles. The molecule has 174 valence electrons. The fraction of sp³-hybridized carbons (Fsp3) is 0.111. The van der Waals surface area contributed by atoms with Crippen LogP contribution in [0.25, 0.3) is 33.5 Å². The van der Waals surface area contributed by atoms with Crippen LogP contribution in [0.15, 0.2) is 72.9 Å². The maximum absolute atomic E-state index is 14.1. The van der Waals surface area contributed by atoms with Crippen molar-refractivity contribution in [1.82, 2.24) is 19.9 Å². The van der Waals surface area contributed by atoms with Crippen molar-refractivity contribution in [3.05, 3.63) is 95.8 Å². The van der Waals surface area contributed by atoms with Gasteiger partial charge in [-0.15, -0.1) is 0 Å².